The minimum Gasteiger partial charge on any atom is -0.481 e. The van der Waals surface area contributed by atoms with Crippen molar-refractivity contribution in [2.24, 2.45) is 0 Å². The van der Waals surface area contributed by atoms with E-state index >= 15 is 0 Å². The Morgan fingerprint density at radius 3 is 2.27 bits per heavy atom. The zero-order chi connectivity index (χ0) is 11.3. The van der Waals surface area contributed by atoms with E-state index in [2.05, 4.69) is 5.32 Å². The van der Waals surface area contributed by atoms with Gasteiger partial charge in [0.05, 0.1) is 0 Å². The Bertz CT molecular complexity index is 331. The van der Waals surface area contributed by atoms with Gasteiger partial charge in [-0.15, -0.1) is 0 Å². The molecule has 0 aromatic heterocycles. The number of carboxylic acid groups (broad SMARTS) is 1. The molecular weight excluding hydrogens is 202 g/mol. The summed E-state index contributed by atoms with van der Waals surface area (Å²) in [6.07, 6.45) is 3.26. The van der Waals surface area contributed by atoms with Gasteiger partial charge in [0.15, 0.2) is 0 Å². The molecule has 1 rings (SSSR count). The van der Waals surface area contributed by atoms with Crippen LogP contribution in [0.5, 0.6) is 0 Å². The van der Waals surface area contributed by atoms with Gasteiger partial charge < -0.3 is 19.9 Å². The van der Waals surface area contributed by atoms with E-state index in [1.165, 1.54) is 7.05 Å². The molecule has 0 aromatic rings. The minimum atomic E-state index is -1.33. The number of aliphatic carboxylic acids is 1. The Morgan fingerprint density at radius 1 is 1.27 bits per heavy atom. The second-order valence-electron chi connectivity index (χ2n) is 2.64. The first kappa shape index (κ1) is 11.1. The maximum atomic E-state index is 11.3. The lowest BCUT2D eigenvalue weighted by Gasteiger charge is -2.13. The second kappa shape index (κ2) is 5.04. The summed E-state index contributed by atoms with van der Waals surface area (Å²) < 4.78 is 9.87. The molecular formula is C9H11NO5. The molecule has 0 spiro atoms. The van der Waals surface area contributed by atoms with Crippen molar-refractivity contribution in [2.75, 3.05) is 20.3 Å². The predicted octanol–water partition coefficient (Wildman–Crippen LogP) is -0.368. The first-order valence-corrected chi connectivity index (χ1v) is 4.27. The molecule has 2 N–H and O–H groups in total. The highest BCUT2D eigenvalue weighted by molar-refractivity contribution is 5.99. The van der Waals surface area contributed by atoms with Crippen LogP contribution in [0.4, 0.5) is 0 Å². The normalized spacial score (nSPS) is 22.7. The van der Waals surface area contributed by atoms with E-state index in [0.717, 1.165) is 0 Å². The zero-order valence-corrected chi connectivity index (χ0v) is 8.15. The third-order valence-electron chi connectivity index (χ3n) is 1.65. The van der Waals surface area contributed by atoms with Gasteiger partial charge in [-0.3, -0.25) is 4.79 Å². The van der Waals surface area contributed by atoms with Crippen LogP contribution in [0.25, 0.3) is 0 Å². The van der Waals surface area contributed by atoms with Crippen LogP contribution in [0, 0.1) is 0 Å². The minimum absolute atomic E-state index is 0.103. The number of rotatable bonds is 2. The molecule has 0 bridgehead atoms. The number of carbonyl (C=O) groups excluding carboxylic acids is 1. The van der Waals surface area contributed by atoms with E-state index in [9.17, 15) is 9.59 Å². The molecule has 1 aliphatic heterocycles. The van der Waals surface area contributed by atoms with Gasteiger partial charge in [0.25, 0.3) is 11.7 Å². The summed E-state index contributed by atoms with van der Waals surface area (Å²) >= 11 is 0. The second-order valence-corrected chi connectivity index (χ2v) is 2.64. The first-order chi connectivity index (χ1) is 7.16. The summed E-state index contributed by atoms with van der Waals surface area (Å²) in [4.78, 5) is 22.1. The van der Waals surface area contributed by atoms with Gasteiger partial charge >= 0.3 is 5.97 Å². The number of hydrogen-bond acceptors (Lipinski definition) is 4. The summed E-state index contributed by atoms with van der Waals surface area (Å²) in [5.74, 6) is -2.74. The third kappa shape index (κ3) is 2.73. The van der Waals surface area contributed by atoms with Gasteiger partial charge in [0.1, 0.15) is 13.2 Å². The van der Waals surface area contributed by atoms with Crippen molar-refractivity contribution in [2.45, 2.75) is 0 Å². The van der Waals surface area contributed by atoms with Crippen molar-refractivity contribution in [3.63, 3.8) is 0 Å². The molecule has 0 unspecified atom stereocenters. The van der Waals surface area contributed by atoms with Crippen LogP contribution in [-0.4, -0.2) is 37.2 Å². The summed E-state index contributed by atoms with van der Waals surface area (Å²) in [5, 5.41) is 11.1. The Balaban J connectivity index is 3.01. The fraction of sp³-hybridized carbons (Fsp3) is 0.333. The quantitative estimate of drug-likeness (QED) is 0.611. The summed E-state index contributed by atoms with van der Waals surface area (Å²) in [7, 11) is 1.38. The van der Waals surface area contributed by atoms with E-state index < -0.39 is 17.6 Å². The van der Waals surface area contributed by atoms with Crippen molar-refractivity contribution >= 4 is 11.9 Å². The Labute approximate surface area is 86.2 Å². The summed E-state index contributed by atoms with van der Waals surface area (Å²) in [6, 6.07) is 0. The number of nitrogens with one attached hydrogen (secondary N) is 1. The van der Waals surface area contributed by atoms with Crippen LogP contribution in [0.15, 0.2) is 23.7 Å². The molecule has 82 valence electrons. The van der Waals surface area contributed by atoms with Gasteiger partial charge in [-0.05, 0) is 12.2 Å². The SMILES string of the molecule is CNC(=O)/C1=C(\C(=O)O)OC/C=C\CO1. The summed E-state index contributed by atoms with van der Waals surface area (Å²) in [6.45, 7) is 0.244. The third-order valence-corrected chi connectivity index (χ3v) is 1.65. The molecule has 1 amide bonds. The largest absolute Gasteiger partial charge is 0.481 e. The first-order valence-electron chi connectivity index (χ1n) is 4.27. The number of amides is 1. The van der Waals surface area contributed by atoms with E-state index in [0.29, 0.717) is 0 Å². The van der Waals surface area contributed by atoms with Gasteiger partial charge in [-0.2, -0.15) is 0 Å². The highest BCUT2D eigenvalue weighted by Gasteiger charge is 2.24. The Morgan fingerprint density at radius 2 is 1.80 bits per heavy atom. The van der Waals surface area contributed by atoms with Gasteiger partial charge in [0, 0.05) is 7.05 Å². The van der Waals surface area contributed by atoms with Crippen molar-refractivity contribution in [3.8, 4) is 0 Å². The number of ether oxygens (including phenoxy) is 2. The van der Waals surface area contributed by atoms with Crippen LogP contribution in [-0.2, 0) is 19.1 Å². The molecule has 1 aliphatic rings. The lowest BCUT2D eigenvalue weighted by atomic mass is 10.3. The number of likely N-dealkylation sites (N-methyl/N-ethyl adjacent to an activating group) is 1. The molecule has 0 radical (unpaired) electrons. The van der Waals surface area contributed by atoms with Crippen molar-refractivity contribution in [1.82, 2.24) is 5.32 Å². The molecule has 6 heteroatoms. The molecule has 0 saturated carbocycles. The number of hydrogen-bond donors (Lipinski definition) is 2. The lowest BCUT2D eigenvalue weighted by Crippen LogP contribution is -2.26. The van der Waals surface area contributed by atoms with E-state index in [1.54, 1.807) is 12.2 Å². The molecule has 0 saturated heterocycles. The van der Waals surface area contributed by atoms with E-state index in [1.807, 2.05) is 0 Å². The zero-order valence-electron chi connectivity index (χ0n) is 8.15. The molecule has 1 heterocycles. The average Bonchev–Trinajstić information content (AvgIpc) is 2.16. The van der Waals surface area contributed by atoms with Crippen molar-refractivity contribution in [3.05, 3.63) is 23.7 Å². The van der Waals surface area contributed by atoms with Crippen LogP contribution in [0.3, 0.4) is 0 Å². The highest BCUT2D eigenvalue weighted by Crippen LogP contribution is 2.11. The smallest absolute Gasteiger partial charge is 0.375 e. The Kier molecular flexibility index (Phi) is 3.73. The molecule has 0 aromatic carbocycles. The van der Waals surface area contributed by atoms with Crippen LogP contribution < -0.4 is 5.32 Å². The van der Waals surface area contributed by atoms with Crippen molar-refractivity contribution in [1.29, 1.82) is 0 Å². The van der Waals surface area contributed by atoms with Gasteiger partial charge in [-0.25, -0.2) is 4.79 Å². The highest BCUT2D eigenvalue weighted by atomic mass is 16.5. The van der Waals surface area contributed by atoms with Crippen LogP contribution in [0.2, 0.25) is 0 Å². The van der Waals surface area contributed by atoms with Crippen molar-refractivity contribution < 1.29 is 24.2 Å². The number of carboxylic acids is 1. The fourth-order valence-electron chi connectivity index (χ4n) is 0.971. The summed E-state index contributed by atoms with van der Waals surface area (Å²) in [5.41, 5.74) is 0. The fourth-order valence-corrected chi connectivity index (χ4v) is 0.971. The van der Waals surface area contributed by atoms with E-state index in [4.69, 9.17) is 14.6 Å². The topological polar surface area (TPSA) is 84.9 Å². The molecule has 0 atom stereocenters. The molecule has 15 heavy (non-hydrogen) atoms. The number of carbonyl (C=O) groups is 2. The molecule has 0 aliphatic carbocycles. The maximum Gasteiger partial charge on any atom is 0.375 e. The lowest BCUT2D eigenvalue weighted by molar-refractivity contribution is -0.138. The van der Waals surface area contributed by atoms with Gasteiger partial charge in [-0.1, -0.05) is 0 Å². The molecule has 6 nitrogen and oxygen atoms in total. The Hall–Kier alpha value is -1.98. The maximum absolute atomic E-state index is 11.3. The van der Waals surface area contributed by atoms with Gasteiger partial charge in [0.2, 0.25) is 5.76 Å². The standard InChI is InChI=1S/C9H11NO5/c1-10-8(11)6-7(9(12)13)15-5-3-2-4-14-6/h2-3H,4-5H2,1H3,(H,10,11)(H,12,13)/b3-2-,7-6-. The molecule has 0 fully saturated rings. The predicted molar refractivity (Wildman–Crippen MR) is 49.8 cm³/mol. The average molecular weight is 213 g/mol. The monoisotopic (exact) mass is 213 g/mol. The van der Waals surface area contributed by atoms with E-state index in [-0.39, 0.29) is 19.0 Å². The van der Waals surface area contributed by atoms with Crippen LogP contribution >= 0.6 is 0 Å². The van der Waals surface area contributed by atoms with Crippen LogP contribution in [0.1, 0.15) is 0 Å².